The highest BCUT2D eigenvalue weighted by molar-refractivity contribution is 6.05. The van der Waals surface area contributed by atoms with Crippen molar-refractivity contribution < 1.29 is 9.59 Å². The third kappa shape index (κ3) is 6.74. The van der Waals surface area contributed by atoms with E-state index in [2.05, 4.69) is 64.6 Å². The highest BCUT2D eigenvalue weighted by Crippen LogP contribution is 2.36. The molecule has 0 spiro atoms. The van der Waals surface area contributed by atoms with E-state index < -0.39 is 6.03 Å². The molecule has 0 unspecified atom stereocenters. The van der Waals surface area contributed by atoms with Crippen molar-refractivity contribution in [2.24, 2.45) is 0 Å². The fourth-order valence-corrected chi connectivity index (χ4v) is 6.96. The predicted octanol–water partition coefficient (Wildman–Crippen LogP) is 5.59. The number of piperazine rings is 1. The molecule has 3 N–H and O–H groups in total. The van der Waals surface area contributed by atoms with Crippen LogP contribution >= 0.6 is 0 Å². The number of nitrogens with zero attached hydrogens (tertiary/aromatic N) is 8. The first-order valence-electron chi connectivity index (χ1n) is 17.0. The van der Waals surface area contributed by atoms with Gasteiger partial charge < -0.3 is 15.5 Å². The van der Waals surface area contributed by atoms with Gasteiger partial charge in [0.05, 0.1) is 6.20 Å². The Kier molecular flexibility index (Phi) is 8.48. The second kappa shape index (κ2) is 13.5. The number of imidazole rings is 1. The first kappa shape index (κ1) is 30.8. The van der Waals surface area contributed by atoms with Crippen LogP contribution in [0.15, 0.2) is 79.1 Å². The van der Waals surface area contributed by atoms with Crippen LogP contribution in [-0.2, 0) is 11.3 Å². The molecule has 3 aliphatic rings. The molecule has 0 atom stereocenters. The van der Waals surface area contributed by atoms with Crippen LogP contribution in [0.4, 0.5) is 39.6 Å². The number of urea groups is 1. The van der Waals surface area contributed by atoms with Crippen LogP contribution in [0.1, 0.15) is 43.7 Å². The molecule has 5 heterocycles. The van der Waals surface area contributed by atoms with E-state index in [1.165, 1.54) is 23.4 Å². The third-order valence-corrected chi connectivity index (χ3v) is 9.56. The van der Waals surface area contributed by atoms with E-state index in [9.17, 15) is 9.59 Å². The number of para-hydroxylation sites is 1. The van der Waals surface area contributed by atoms with Crippen molar-refractivity contribution in [3.63, 3.8) is 0 Å². The summed E-state index contributed by atoms with van der Waals surface area (Å²) in [6, 6.07) is 22.4. The molecule has 1 aliphatic carbocycles. The van der Waals surface area contributed by atoms with Crippen LogP contribution < -0.4 is 25.8 Å². The van der Waals surface area contributed by atoms with Gasteiger partial charge in [-0.1, -0.05) is 37.1 Å². The highest BCUT2D eigenvalue weighted by Gasteiger charge is 2.26. The third-order valence-electron chi connectivity index (χ3n) is 9.56. The van der Waals surface area contributed by atoms with Crippen LogP contribution in [0.3, 0.4) is 0 Å². The number of nitrogens with one attached hydrogen (secondary N) is 3. The van der Waals surface area contributed by atoms with Crippen LogP contribution in [0.5, 0.6) is 0 Å². The quantitative estimate of drug-likeness (QED) is 0.184. The fraction of sp³-hybridized carbons (Fsp3) is 0.333. The van der Waals surface area contributed by atoms with E-state index in [1.807, 2.05) is 48.7 Å². The van der Waals surface area contributed by atoms with Crippen molar-refractivity contribution in [2.45, 2.75) is 44.7 Å². The first-order valence-corrected chi connectivity index (χ1v) is 17.0. The Morgan fingerprint density at radius 3 is 2.29 bits per heavy atom. The van der Waals surface area contributed by atoms with Crippen molar-refractivity contribution in [2.75, 3.05) is 53.2 Å². The smallest absolute Gasteiger partial charge is 0.329 e. The van der Waals surface area contributed by atoms with Gasteiger partial charge in [-0.15, -0.1) is 0 Å². The maximum Gasteiger partial charge on any atom is 0.329 e. The lowest BCUT2D eigenvalue weighted by atomic mass is 10.2. The number of pyridine rings is 1. The molecule has 1 saturated carbocycles. The minimum Gasteiger partial charge on any atom is -0.369 e. The van der Waals surface area contributed by atoms with Gasteiger partial charge in [-0.3, -0.25) is 24.5 Å². The lowest BCUT2D eigenvalue weighted by molar-refractivity contribution is -0.120. The number of hydrogen-bond acceptors (Lipinski definition) is 10. The Morgan fingerprint density at radius 1 is 0.776 bits per heavy atom. The van der Waals surface area contributed by atoms with Crippen molar-refractivity contribution in [1.29, 1.82) is 0 Å². The number of carbonyl (C=O) groups is 2. The average molecular weight is 658 g/mol. The summed E-state index contributed by atoms with van der Waals surface area (Å²) >= 11 is 0. The average Bonchev–Trinajstić information content (AvgIpc) is 3.78. The van der Waals surface area contributed by atoms with Crippen molar-refractivity contribution in [3.8, 4) is 0 Å². The molecule has 8 rings (SSSR count). The van der Waals surface area contributed by atoms with Crippen LogP contribution in [-0.4, -0.2) is 74.1 Å². The molecule has 5 aromatic rings. The van der Waals surface area contributed by atoms with Gasteiger partial charge in [0, 0.05) is 75.0 Å². The van der Waals surface area contributed by atoms with Gasteiger partial charge in [-0.05, 0) is 60.9 Å². The van der Waals surface area contributed by atoms with Gasteiger partial charge in [0.15, 0.2) is 5.65 Å². The molecule has 3 amide bonds. The van der Waals surface area contributed by atoms with E-state index in [4.69, 9.17) is 9.97 Å². The van der Waals surface area contributed by atoms with Crippen LogP contribution in [0.25, 0.3) is 11.2 Å². The topological polar surface area (TPSA) is 136 Å². The van der Waals surface area contributed by atoms with Gasteiger partial charge in [-0.25, -0.2) is 19.7 Å². The Balaban J connectivity index is 0.885. The second-order valence-corrected chi connectivity index (χ2v) is 12.9. The van der Waals surface area contributed by atoms with Gasteiger partial charge in [0.1, 0.15) is 11.3 Å². The molecule has 0 bridgehead atoms. The molecule has 0 radical (unpaired) electrons. The monoisotopic (exact) mass is 657 g/mol. The molecule has 3 aromatic heterocycles. The molecule has 2 saturated heterocycles. The van der Waals surface area contributed by atoms with Crippen LogP contribution in [0.2, 0.25) is 0 Å². The maximum atomic E-state index is 12.1. The van der Waals surface area contributed by atoms with Gasteiger partial charge in [-0.2, -0.15) is 4.98 Å². The molecule has 13 nitrogen and oxygen atoms in total. The molecular weight excluding hydrogens is 618 g/mol. The molecule has 2 aromatic carbocycles. The number of imide groups is 1. The molecular formula is C36H39N11O2. The zero-order valence-corrected chi connectivity index (χ0v) is 27.3. The summed E-state index contributed by atoms with van der Waals surface area (Å²) in [5.41, 5.74) is 5.83. The predicted molar refractivity (Wildman–Crippen MR) is 190 cm³/mol. The first-order chi connectivity index (χ1) is 24.1. The molecule has 3 fully saturated rings. The SMILES string of the molecule is O=C1CCN(c2ccc(CN3CCN(c4ccc(Nc5ncc6nc(Nc7ccccc7)n(C7CCCC7)c6n5)cc4)CC3)cn2)C(=O)N1. The fourth-order valence-electron chi connectivity index (χ4n) is 6.96. The number of aromatic nitrogens is 5. The number of fused-ring (bicyclic) bond motifs is 1. The summed E-state index contributed by atoms with van der Waals surface area (Å²) in [5.74, 6) is 1.67. The summed E-state index contributed by atoms with van der Waals surface area (Å²) in [6.45, 7) is 4.85. The highest BCUT2D eigenvalue weighted by atomic mass is 16.2. The number of anilines is 6. The van der Waals surface area contributed by atoms with E-state index in [1.54, 1.807) is 6.20 Å². The zero-order chi connectivity index (χ0) is 33.2. The minimum absolute atomic E-state index is 0.248. The Bertz CT molecular complexity index is 1930. The van der Waals surface area contributed by atoms with Crippen molar-refractivity contribution >= 4 is 57.9 Å². The van der Waals surface area contributed by atoms with E-state index in [-0.39, 0.29) is 12.3 Å². The summed E-state index contributed by atoms with van der Waals surface area (Å²) in [6.07, 6.45) is 8.57. The summed E-state index contributed by atoms with van der Waals surface area (Å²) in [5, 5.41) is 9.26. The zero-order valence-electron chi connectivity index (χ0n) is 27.3. The van der Waals surface area contributed by atoms with Crippen molar-refractivity contribution in [3.05, 3.63) is 84.7 Å². The number of carbonyl (C=O) groups excluding carboxylic acids is 2. The summed E-state index contributed by atoms with van der Waals surface area (Å²) < 4.78 is 2.26. The lowest BCUT2D eigenvalue weighted by Crippen LogP contribution is -2.49. The van der Waals surface area contributed by atoms with Crippen molar-refractivity contribution in [1.82, 2.24) is 34.7 Å². The number of hydrogen-bond donors (Lipinski definition) is 3. The van der Waals surface area contributed by atoms with Crippen LogP contribution in [0, 0.1) is 0 Å². The van der Waals surface area contributed by atoms with Gasteiger partial charge >= 0.3 is 6.03 Å². The molecule has 2 aliphatic heterocycles. The summed E-state index contributed by atoms with van der Waals surface area (Å²) in [7, 11) is 0. The number of amides is 3. The Morgan fingerprint density at radius 2 is 1.55 bits per heavy atom. The number of benzene rings is 2. The maximum absolute atomic E-state index is 12.1. The second-order valence-electron chi connectivity index (χ2n) is 12.9. The standard InChI is InChI=1S/C36H39N11O2/c48-32-16-17-46(36(49)42-32)31-15-10-25(22-37-31)24-44-18-20-45(21-19-44)28-13-11-27(12-14-28)39-34-38-23-30-33(43-34)47(29-8-4-5-9-29)35(41-30)40-26-6-2-1-3-7-26/h1-3,6-7,10-15,22-23,29H,4-5,8-9,16-21,24H2,(H,40,41)(H,38,39,43)(H,42,48,49). The van der Waals surface area contributed by atoms with Gasteiger partial charge in [0.25, 0.3) is 0 Å². The molecule has 13 heteroatoms. The number of rotatable bonds is 9. The van der Waals surface area contributed by atoms with E-state index in [0.717, 1.165) is 79.6 Å². The minimum atomic E-state index is -0.417. The normalized spacial score (nSPS) is 17.5. The van der Waals surface area contributed by atoms with E-state index in [0.29, 0.717) is 24.4 Å². The Hall–Kier alpha value is -5.56. The molecule has 49 heavy (non-hydrogen) atoms. The molecule has 250 valence electrons. The largest absolute Gasteiger partial charge is 0.369 e. The summed E-state index contributed by atoms with van der Waals surface area (Å²) in [4.78, 5) is 48.8. The van der Waals surface area contributed by atoms with E-state index >= 15 is 0 Å². The van der Waals surface area contributed by atoms with Gasteiger partial charge in [0.2, 0.25) is 17.8 Å². The Labute approximate surface area is 284 Å². The lowest BCUT2D eigenvalue weighted by Gasteiger charge is -2.36.